The van der Waals surface area contributed by atoms with Crippen LogP contribution in [0.3, 0.4) is 0 Å². The standard InChI is InChI=1S/C33H45Cl2N5O7/c1-31(2,3)26(39-30(46)47-32(4,5)6)29(45)40-17-20-23(33(20,34)35)24(40)27(43)38-21(14-18-12-13-18)25(42)28(44)37-16-22(41)36-15-19-10-8-7-9-11-19/h7-11,18,20-21,23-24,26H,12-17H2,1-6H3,(H,36,41)(H,37,44)(H,38,43)(H,39,46)/t20-,21?,23-,24-,26+/m0/s1. The number of carbonyl (C=O) groups excluding carboxylic acids is 6. The summed E-state index contributed by atoms with van der Waals surface area (Å²) >= 11 is 13.0. The third-order valence-electron chi connectivity index (χ3n) is 8.52. The highest BCUT2D eigenvalue weighted by molar-refractivity contribution is 6.51. The molecule has 258 valence electrons. The van der Waals surface area contributed by atoms with E-state index in [9.17, 15) is 28.8 Å². The summed E-state index contributed by atoms with van der Waals surface area (Å²) in [5, 5.41) is 10.4. The van der Waals surface area contributed by atoms with E-state index in [1.165, 1.54) is 4.90 Å². The molecule has 1 aromatic rings. The first-order valence-corrected chi connectivity index (χ1v) is 16.7. The molecule has 3 aliphatic rings. The Morgan fingerprint density at radius 3 is 2.17 bits per heavy atom. The van der Waals surface area contributed by atoms with Crippen LogP contribution in [0.1, 0.15) is 66.4 Å². The largest absolute Gasteiger partial charge is 0.444 e. The van der Waals surface area contributed by atoms with Crippen molar-refractivity contribution in [3.05, 3.63) is 35.9 Å². The molecule has 2 aliphatic carbocycles. The van der Waals surface area contributed by atoms with Crippen molar-refractivity contribution < 1.29 is 33.5 Å². The fraction of sp³-hybridized carbons (Fsp3) is 0.636. The molecule has 5 atom stereocenters. The first-order chi connectivity index (χ1) is 21.8. The third-order valence-corrected chi connectivity index (χ3v) is 9.59. The topological polar surface area (TPSA) is 163 Å². The zero-order valence-corrected chi connectivity index (χ0v) is 29.2. The molecule has 1 heterocycles. The van der Waals surface area contributed by atoms with Crippen molar-refractivity contribution in [3.8, 4) is 0 Å². The van der Waals surface area contributed by atoms with Crippen LogP contribution >= 0.6 is 23.2 Å². The summed E-state index contributed by atoms with van der Waals surface area (Å²) in [5.74, 6) is -4.45. The van der Waals surface area contributed by atoms with Gasteiger partial charge in [-0.1, -0.05) is 63.9 Å². The van der Waals surface area contributed by atoms with Crippen LogP contribution in [0.2, 0.25) is 0 Å². The normalized spacial score (nSPS) is 22.6. The molecule has 4 N–H and O–H groups in total. The molecule has 47 heavy (non-hydrogen) atoms. The van der Waals surface area contributed by atoms with E-state index < -0.39 is 87.4 Å². The maximum absolute atomic E-state index is 14.0. The highest BCUT2D eigenvalue weighted by atomic mass is 35.5. The number of hydrogen-bond acceptors (Lipinski definition) is 7. The second-order valence-electron chi connectivity index (χ2n) is 14.7. The number of alkyl halides is 2. The predicted octanol–water partition coefficient (Wildman–Crippen LogP) is 2.84. The summed E-state index contributed by atoms with van der Waals surface area (Å²) in [6.07, 6.45) is 1.13. The van der Waals surface area contributed by atoms with Gasteiger partial charge in [0.1, 0.15) is 22.0 Å². The Morgan fingerprint density at radius 1 is 0.957 bits per heavy atom. The summed E-state index contributed by atoms with van der Waals surface area (Å²) in [7, 11) is 0. The highest BCUT2D eigenvalue weighted by Crippen LogP contribution is 2.65. The van der Waals surface area contributed by atoms with Gasteiger partial charge >= 0.3 is 6.09 Å². The van der Waals surface area contributed by atoms with E-state index in [0.717, 1.165) is 18.4 Å². The van der Waals surface area contributed by atoms with Crippen molar-refractivity contribution >= 4 is 58.7 Å². The van der Waals surface area contributed by atoms with E-state index in [1.54, 1.807) is 41.5 Å². The number of ether oxygens (including phenoxy) is 1. The van der Waals surface area contributed by atoms with Crippen molar-refractivity contribution in [2.24, 2.45) is 23.2 Å². The Labute approximate surface area is 285 Å². The maximum atomic E-state index is 14.0. The Balaban J connectivity index is 1.44. The number of halogens is 2. The summed E-state index contributed by atoms with van der Waals surface area (Å²) in [6.45, 7) is 10.3. The van der Waals surface area contributed by atoms with Gasteiger partial charge in [0.15, 0.2) is 0 Å². The molecule has 0 bridgehead atoms. The molecule has 0 aromatic heterocycles. The van der Waals surface area contributed by atoms with Gasteiger partial charge in [-0.3, -0.25) is 24.0 Å². The number of hydrogen-bond donors (Lipinski definition) is 4. The minimum Gasteiger partial charge on any atom is -0.444 e. The van der Waals surface area contributed by atoms with Crippen LogP contribution in [-0.2, 0) is 35.3 Å². The van der Waals surface area contributed by atoms with Crippen molar-refractivity contribution in [3.63, 3.8) is 0 Å². The molecule has 4 rings (SSSR count). The summed E-state index contributed by atoms with van der Waals surface area (Å²) in [5.41, 5.74) is -0.692. The number of likely N-dealkylation sites (tertiary alicyclic amines) is 1. The van der Waals surface area contributed by atoms with Gasteiger partial charge in [0.05, 0.1) is 12.6 Å². The van der Waals surface area contributed by atoms with Crippen molar-refractivity contribution in [1.29, 1.82) is 0 Å². The van der Waals surface area contributed by atoms with E-state index in [-0.39, 0.29) is 25.4 Å². The average Bonchev–Trinajstić information content (AvgIpc) is 3.83. The lowest BCUT2D eigenvalue weighted by Gasteiger charge is -2.37. The van der Waals surface area contributed by atoms with Crippen LogP contribution in [0.5, 0.6) is 0 Å². The zero-order valence-electron chi connectivity index (χ0n) is 27.7. The van der Waals surface area contributed by atoms with E-state index >= 15 is 0 Å². The molecule has 1 unspecified atom stereocenters. The number of fused-ring (bicyclic) bond motifs is 1. The second-order valence-corrected chi connectivity index (χ2v) is 16.2. The molecule has 1 saturated heterocycles. The number of nitrogens with one attached hydrogen (secondary N) is 4. The Hall–Kier alpha value is -3.38. The van der Waals surface area contributed by atoms with Crippen molar-refractivity contribution in [2.45, 2.75) is 95.4 Å². The molecule has 5 amide bonds. The molecular formula is C33H45Cl2N5O7. The number of piperidine rings is 1. The zero-order chi connectivity index (χ0) is 34.9. The van der Waals surface area contributed by atoms with Crippen LogP contribution in [-0.4, -0.2) is 81.6 Å². The van der Waals surface area contributed by atoms with Crippen molar-refractivity contribution in [2.75, 3.05) is 13.1 Å². The molecule has 1 aromatic carbocycles. The summed E-state index contributed by atoms with van der Waals surface area (Å²) in [6, 6.07) is 5.82. The number of nitrogens with zero attached hydrogens (tertiary/aromatic N) is 1. The smallest absolute Gasteiger partial charge is 0.408 e. The van der Waals surface area contributed by atoms with Crippen LogP contribution in [0.25, 0.3) is 0 Å². The SMILES string of the molecule is CC(C)(C)OC(=O)N[C@H](C(=O)N1C[C@H]2[C@@H]([C@H]1C(=O)NC(CC1CC1)C(=O)C(=O)NCC(=O)NCc1ccccc1)C2(Cl)Cl)C(C)(C)C. The quantitative estimate of drug-likeness (QED) is 0.193. The van der Waals surface area contributed by atoms with Gasteiger partial charge in [0.25, 0.3) is 5.91 Å². The third kappa shape index (κ3) is 9.37. The van der Waals surface area contributed by atoms with Gasteiger partial charge in [-0.15, -0.1) is 23.2 Å². The van der Waals surface area contributed by atoms with Crippen LogP contribution in [0.4, 0.5) is 4.79 Å². The molecule has 3 fully saturated rings. The Bertz CT molecular complexity index is 1390. The highest BCUT2D eigenvalue weighted by Gasteiger charge is 2.74. The van der Waals surface area contributed by atoms with Crippen LogP contribution in [0.15, 0.2) is 30.3 Å². The van der Waals surface area contributed by atoms with E-state index in [1.807, 2.05) is 30.3 Å². The number of benzene rings is 1. The molecule has 14 heteroatoms. The average molecular weight is 695 g/mol. The lowest BCUT2D eigenvalue weighted by atomic mass is 9.85. The molecule has 2 saturated carbocycles. The Morgan fingerprint density at radius 2 is 1.60 bits per heavy atom. The fourth-order valence-electron chi connectivity index (χ4n) is 5.81. The van der Waals surface area contributed by atoms with E-state index in [0.29, 0.717) is 0 Å². The number of carbonyl (C=O) groups is 6. The number of ketones is 1. The first kappa shape index (κ1) is 36.5. The number of rotatable bonds is 12. The minimum atomic E-state index is -1.25. The minimum absolute atomic E-state index is 0.0665. The van der Waals surface area contributed by atoms with Crippen molar-refractivity contribution in [1.82, 2.24) is 26.2 Å². The van der Waals surface area contributed by atoms with E-state index in [2.05, 4.69) is 21.3 Å². The fourth-order valence-corrected chi connectivity index (χ4v) is 6.64. The first-order valence-electron chi connectivity index (χ1n) is 15.9. The number of alkyl carbamates (subject to hydrolysis) is 1. The van der Waals surface area contributed by atoms with Gasteiger partial charge in [0.2, 0.25) is 23.5 Å². The molecule has 0 spiro atoms. The maximum Gasteiger partial charge on any atom is 0.408 e. The molecule has 12 nitrogen and oxygen atoms in total. The van der Waals surface area contributed by atoms with Gasteiger partial charge in [-0.2, -0.15) is 0 Å². The van der Waals surface area contributed by atoms with Crippen LogP contribution < -0.4 is 21.3 Å². The van der Waals surface area contributed by atoms with Gasteiger partial charge in [-0.25, -0.2) is 4.79 Å². The van der Waals surface area contributed by atoms with Crippen LogP contribution in [0, 0.1) is 23.2 Å². The van der Waals surface area contributed by atoms with Gasteiger partial charge < -0.3 is 30.9 Å². The van der Waals surface area contributed by atoms with E-state index in [4.69, 9.17) is 27.9 Å². The number of Topliss-reactive ketones (excluding diaryl/α,β-unsaturated/α-hetero) is 1. The van der Waals surface area contributed by atoms with Gasteiger partial charge in [0, 0.05) is 24.9 Å². The molecule has 1 aliphatic heterocycles. The Kier molecular flexibility index (Phi) is 10.9. The summed E-state index contributed by atoms with van der Waals surface area (Å²) in [4.78, 5) is 80.4. The number of amides is 5. The predicted molar refractivity (Wildman–Crippen MR) is 175 cm³/mol. The van der Waals surface area contributed by atoms with Gasteiger partial charge in [-0.05, 0) is 44.1 Å². The lowest BCUT2D eigenvalue weighted by Crippen LogP contribution is -2.61. The summed E-state index contributed by atoms with van der Waals surface area (Å²) < 4.78 is 4.13. The molecule has 0 radical (unpaired) electrons. The second kappa shape index (κ2) is 14.0. The molecular weight excluding hydrogens is 649 g/mol. The monoisotopic (exact) mass is 693 g/mol. The lowest BCUT2D eigenvalue weighted by molar-refractivity contribution is -0.145.